The van der Waals surface area contributed by atoms with Crippen molar-refractivity contribution < 1.29 is 14.6 Å². The Morgan fingerprint density at radius 3 is 2.62 bits per heavy atom. The third kappa shape index (κ3) is 2.60. The molecule has 1 aliphatic carbocycles. The van der Waals surface area contributed by atoms with E-state index in [0.717, 1.165) is 12.8 Å². The zero-order valence-corrected chi connectivity index (χ0v) is 9.61. The summed E-state index contributed by atoms with van der Waals surface area (Å²) >= 11 is 0. The van der Waals surface area contributed by atoms with E-state index in [0.29, 0.717) is 11.5 Å². The van der Waals surface area contributed by atoms with E-state index in [1.807, 2.05) is 0 Å². The lowest BCUT2D eigenvalue weighted by molar-refractivity contribution is 0.149. The Balaban J connectivity index is 2.06. The number of benzene rings is 1. The fourth-order valence-corrected chi connectivity index (χ4v) is 2.08. The maximum atomic E-state index is 9.68. The fourth-order valence-electron chi connectivity index (χ4n) is 2.08. The Labute approximate surface area is 96.0 Å². The summed E-state index contributed by atoms with van der Waals surface area (Å²) in [6.45, 7) is 0. The van der Waals surface area contributed by atoms with Gasteiger partial charge in [-0.25, -0.2) is 0 Å². The predicted octanol–water partition coefficient (Wildman–Crippen LogP) is 3.11. The van der Waals surface area contributed by atoms with Gasteiger partial charge in [0.1, 0.15) is 5.75 Å². The lowest BCUT2D eigenvalue weighted by Gasteiger charge is -2.23. The van der Waals surface area contributed by atoms with Gasteiger partial charge in [-0.15, -0.1) is 0 Å². The summed E-state index contributed by atoms with van der Waals surface area (Å²) in [4.78, 5) is 0. The van der Waals surface area contributed by atoms with Crippen LogP contribution in [0.5, 0.6) is 17.2 Å². The highest BCUT2D eigenvalue weighted by molar-refractivity contribution is 5.44. The van der Waals surface area contributed by atoms with Crippen molar-refractivity contribution in [1.29, 1.82) is 0 Å². The normalized spacial score (nSPS) is 17.1. The highest BCUT2D eigenvalue weighted by Gasteiger charge is 2.16. The third-order valence-corrected chi connectivity index (χ3v) is 3.01. The van der Waals surface area contributed by atoms with E-state index in [1.165, 1.54) is 19.3 Å². The fraction of sp³-hybridized carbons (Fsp3) is 0.538. The molecule has 1 saturated carbocycles. The lowest BCUT2D eigenvalue weighted by atomic mass is 9.98. The number of aromatic hydroxyl groups is 1. The van der Waals surface area contributed by atoms with Crippen molar-refractivity contribution in [3.63, 3.8) is 0 Å². The molecular weight excluding hydrogens is 204 g/mol. The van der Waals surface area contributed by atoms with E-state index >= 15 is 0 Å². The molecular formula is C13H18O3. The second-order valence-electron chi connectivity index (χ2n) is 4.21. The second-order valence-corrected chi connectivity index (χ2v) is 4.21. The van der Waals surface area contributed by atoms with E-state index in [-0.39, 0.29) is 11.9 Å². The first-order valence-electron chi connectivity index (χ1n) is 5.83. The van der Waals surface area contributed by atoms with Crippen molar-refractivity contribution in [2.45, 2.75) is 38.2 Å². The van der Waals surface area contributed by atoms with E-state index in [9.17, 15) is 5.11 Å². The molecule has 0 unspecified atom stereocenters. The third-order valence-electron chi connectivity index (χ3n) is 3.01. The summed E-state index contributed by atoms with van der Waals surface area (Å²) in [6, 6.07) is 5.07. The minimum Gasteiger partial charge on any atom is -0.504 e. The highest BCUT2D eigenvalue weighted by atomic mass is 16.5. The van der Waals surface area contributed by atoms with Gasteiger partial charge in [0, 0.05) is 6.07 Å². The van der Waals surface area contributed by atoms with Gasteiger partial charge >= 0.3 is 0 Å². The van der Waals surface area contributed by atoms with Crippen LogP contribution in [-0.4, -0.2) is 18.3 Å². The van der Waals surface area contributed by atoms with Crippen LogP contribution in [-0.2, 0) is 0 Å². The predicted molar refractivity (Wildman–Crippen MR) is 62.2 cm³/mol. The first-order valence-corrected chi connectivity index (χ1v) is 5.83. The number of hydrogen-bond donors (Lipinski definition) is 1. The molecule has 2 rings (SSSR count). The molecule has 3 nitrogen and oxygen atoms in total. The molecule has 0 amide bonds. The standard InChI is InChI=1S/C13H18O3/c1-15-11-7-8-12(14)13(9-11)16-10-5-3-2-4-6-10/h7-10,14H,2-6H2,1H3. The highest BCUT2D eigenvalue weighted by Crippen LogP contribution is 2.33. The molecule has 0 saturated heterocycles. The maximum absolute atomic E-state index is 9.68. The van der Waals surface area contributed by atoms with E-state index in [4.69, 9.17) is 9.47 Å². The van der Waals surface area contributed by atoms with Crippen molar-refractivity contribution in [2.24, 2.45) is 0 Å². The average molecular weight is 222 g/mol. The molecule has 1 aromatic carbocycles. The van der Waals surface area contributed by atoms with Gasteiger partial charge in [0.05, 0.1) is 13.2 Å². The zero-order chi connectivity index (χ0) is 11.4. The summed E-state index contributed by atoms with van der Waals surface area (Å²) in [5.41, 5.74) is 0. The Morgan fingerprint density at radius 1 is 1.19 bits per heavy atom. The van der Waals surface area contributed by atoms with Crippen molar-refractivity contribution in [3.05, 3.63) is 18.2 Å². The molecule has 1 fully saturated rings. The average Bonchev–Trinajstić information content (AvgIpc) is 2.33. The van der Waals surface area contributed by atoms with Gasteiger partial charge in [-0.2, -0.15) is 0 Å². The molecule has 0 radical (unpaired) electrons. The van der Waals surface area contributed by atoms with Crippen LogP contribution in [0.2, 0.25) is 0 Å². The van der Waals surface area contributed by atoms with Crippen LogP contribution < -0.4 is 9.47 Å². The van der Waals surface area contributed by atoms with Crippen LogP contribution in [0.1, 0.15) is 32.1 Å². The van der Waals surface area contributed by atoms with Crippen LogP contribution in [0.25, 0.3) is 0 Å². The van der Waals surface area contributed by atoms with Crippen molar-refractivity contribution in [3.8, 4) is 17.2 Å². The Morgan fingerprint density at radius 2 is 1.94 bits per heavy atom. The lowest BCUT2D eigenvalue weighted by Crippen LogP contribution is -2.19. The molecule has 0 heterocycles. The van der Waals surface area contributed by atoms with Crippen LogP contribution in [0.3, 0.4) is 0 Å². The number of hydrogen-bond acceptors (Lipinski definition) is 3. The number of phenols is 1. The molecule has 1 aliphatic rings. The molecule has 0 spiro atoms. The first kappa shape index (κ1) is 11.1. The number of rotatable bonds is 3. The summed E-state index contributed by atoms with van der Waals surface area (Å²) in [6.07, 6.45) is 6.13. The van der Waals surface area contributed by atoms with Crippen LogP contribution in [0, 0.1) is 0 Å². The molecule has 0 atom stereocenters. The summed E-state index contributed by atoms with van der Waals surface area (Å²) < 4.78 is 10.9. The summed E-state index contributed by atoms with van der Waals surface area (Å²) in [7, 11) is 1.61. The number of ether oxygens (including phenoxy) is 2. The second kappa shape index (κ2) is 5.10. The van der Waals surface area contributed by atoms with Crippen molar-refractivity contribution in [2.75, 3.05) is 7.11 Å². The van der Waals surface area contributed by atoms with Gasteiger partial charge in [0.2, 0.25) is 0 Å². The Hall–Kier alpha value is -1.38. The Bertz CT molecular complexity index is 343. The summed E-state index contributed by atoms with van der Waals surface area (Å²) in [5, 5.41) is 9.68. The van der Waals surface area contributed by atoms with Crippen LogP contribution in [0.15, 0.2) is 18.2 Å². The summed E-state index contributed by atoms with van der Waals surface area (Å²) in [5.74, 6) is 1.43. The van der Waals surface area contributed by atoms with Crippen molar-refractivity contribution in [1.82, 2.24) is 0 Å². The number of methoxy groups -OCH3 is 1. The van der Waals surface area contributed by atoms with Crippen LogP contribution in [0.4, 0.5) is 0 Å². The topological polar surface area (TPSA) is 38.7 Å². The molecule has 3 heteroatoms. The largest absolute Gasteiger partial charge is 0.504 e. The zero-order valence-electron chi connectivity index (χ0n) is 9.61. The smallest absolute Gasteiger partial charge is 0.165 e. The van der Waals surface area contributed by atoms with Gasteiger partial charge in [0.25, 0.3) is 0 Å². The SMILES string of the molecule is COc1ccc(O)c(OC2CCCCC2)c1. The monoisotopic (exact) mass is 222 g/mol. The van der Waals surface area contributed by atoms with Crippen molar-refractivity contribution >= 4 is 0 Å². The molecule has 16 heavy (non-hydrogen) atoms. The van der Waals surface area contributed by atoms with Gasteiger partial charge in [-0.1, -0.05) is 6.42 Å². The van der Waals surface area contributed by atoms with Crippen LogP contribution >= 0.6 is 0 Å². The molecule has 0 aliphatic heterocycles. The van der Waals surface area contributed by atoms with Gasteiger partial charge in [-0.05, 0) is 37.8 Å². The molecule has 1 aromatic rings. The van der Waals surface area contributed by atoms with Gasteiger partial charge in [0.15, 0.2) is 11.5 Å². The quantitative estimate of drug-likeness (QED) is 0.854. The van der Waals surface area contributed by atoms with Gasteiger partial charge < -0.3 is 14.6 Å². The molecule has 0 aromatic heterocycles. The number of phenolic OH excluding ortho intramolecular Hbond substituents is 1. The molecule has 1 N–H and O–H groups in total. The molecule has 88 valence electrons. The first-order chi connectivity index (χ1) is 7.79. The minimum atomic E-state index is 0.186. The Kier molecular flexibility index (Phi) is 3.54. The van der Waals surface area contributed by atoms with E-state index < -0.39 is 0 Å². The van der Waals surface area contributed by atoms with E-state index in [2.05, 4.69) is 0 Å². The molecule has 0 bridgehead atoms. The maximum Gasteiger partial charge on any atom is 0.165 e. The van der Waals surface area contributed by atoms with E-state index in [1.54, 1.807) is 25.3 Å². The minimum absolute atomic E-state index is 0.186. The van der Waals surface area contributed by atoms with Gasteiger partial charge in [-0.3, -0.25) is 0 Å².